The van der Waals surface area contributed by atoms with E-state index in [0.29, 0.717) is 34.8 Å². The van der Waals surface area contributed by atoms with Gasteiger partial charge in [0.25, 0.3) is 11.8 Å². The van der Waals surface area contributed by atoms with Crippen molar-refractivity contribution in [1.29, 1.82) is 0 Å². The third kappa shape index (κ3) is 6.01. The smallest absolute Gasteiger partial charge is 0.264 e. The van der Waals surface area contributed by atoms with E-state index in [1.54, 1.807) is 60.4 Å². The van der Waals surface area contributed by atoms with E-state index in [4.69, 9.17) is 14.2 Å². The first-order valence-corrected chi connectivity index (χ1v) is 20.3. The Kier molecular flexibility index (Phi) is 9.94. The average Bonchev–Trinajstić information content (AvgIpc) is 3.79. The summed E-state index contributed by atoms with van der Waals surface area (Å²) in [5.74, 6) is 0.500. The minimum atomic E-state index is -2.49. The van der Waals surface area contributed by atoms with E-state index in [1.165, 1.54) is 0 Å². The van der Waals surface area contributed by atoms with Gasteiger partial charge in [-0.15, -0.1) is 6.58 Å². The number of likely N-dealkylation sites (tertiary alicyclic amines) is 1. The number of carbonyl (C=O) groups excluding carboxylic acids is 3. The molecule has 6 rings (SSSR count). The van der Waals surface area contributed by atoms with Gasteiger partial charge in [-0.1, -0.05) is 43.4 Å². The van der Waals surface area contributed by atoms with Gasteiger partial charge in [0.15, 0.2) is 5.60 Å². The van der Waals surface area contributed by atoms with Crippen LogP contribution in [0.15, 0.2) is 79.4 Å². The van der Waals surface area contributed by atoms with E-state index in [9.17, 15) is 19.5 Å². The molecule has 0 saturated carbocycles. The number of nitrogens with zero attached hydrogens (tertiary/aromatic N) is 2. The van der Waals surface area contributed by atoms with Gasteiger partial charge >= 0.3 is 0 Å². The molecule has 0 aromatic heterocycles. The molecular formula is C39H47N3O7Si. The molecular weight excluding hydrogens is 651 g/mol. The predicted molar refractivity (Wildman–Crippen MR) is 196 cm³/mol. The number of aliphatic hydroxyl groups excluding tert-OH is 1. The summed E-state index contributed by atoms with van der Waals surface area (Å²) >= 11 is 0. The fourth-order valence-corrected chi connectivity index (χ4v) is 12.5. The maximum atomic E-state index is 14.8. The average molecular weight is 698 g/mol. The zero-order chi connectivity index (χ0) is 35.8. The molecule has 3 aliphatic rings. The van der Waals surface area contributed by atoms with Crippen molar-refractivity contribution in [1.82, 2.24) is 4.90 Å². The van der Waals surface area contributed by atoms with E-state index in [2.05, 4.69) is 44.0 Å². The van der Waals surface area contributed by atoms with E-state index >= 15 is 0 Å². The van der Waals surface area contributed by atoms with Gasteiger partial charge in [-0.05, 0) is 73.0 Å². The quantitative estimate of drug-likeness (QED) is 0.212. The van der Waals surface area contributed by atoms with Crippen molar-refractivity contribution < 1.29 is 33.7 Å². The Balaban J connectivity index is 1.42. The summed E-state index contributed by atoms with van der Waals surface area (Å²) in [5.41, 5.74) is 0.806. The van der Waals surface area contributed by atoms with Crippen molar-refractivity contribution in [2.45, 2.75) is 62.6 Å². The number of benzene rings is 3. The Morgan fingerprint density at radius 3 is 2.34 bits per heavy atom. The molecule has 3 aliphatic heterocycles. The van der Waals surface area contributed by atoms with Crippen LogP contribution in [0, 0.1) is 5.92 Å². The molecule has 50 heavy (non-hydrogen) atoms. The summed E-state index contributed by atoms with van der Waals surface area (Å²) in [7, 11) is 0.722. The Hall–Kier alpha value is -4.45. The SMILES string of the molecule is C=CCN1C(=O)[C@@]2(O[C@@H](CC(=O)N3CCC[C@H]3CO)[C@H]([Si](C)(C)c3ccc(OC)cc3)[C@H]2C)c2cc(NC(=O)c3ccc(OC)cc3)ccc21. The monoisotopic (exact) mass is 697 g/mol. The lowest BCUT2D eigenvalue weighted by Gasteiger charge is -2.37. The molecule has 2 N–H and O–H groups in total. The van der Waals surface area contributed by atoms with Gasteiger partial charge in [0.1, 0.15) is 11.5 Å². The number of amides is 3. The van der Waals surface area contributed by atoms with E-state index in [-0.39, 0.29) is 54.8 Å². The summed E-state index contributed by atoms with van der Waals surface area (Å²) in [4.78, 5) is 45.6. The summed E-state index contributed by atoms with van der Waals surface area (Å²) in [6, 6.07) is 20.2. The molecule has 0 radical (unpaired) electrons. The molecule has 10 nitrogen and oxygen atoms in total. The number of ether oxygens (including phenoxy) is 3. The second-order valence-electron chi connectivity index (χ2n) is 14.0. The highest BCUT2D eigenvalue weighted by Gasteiger charge is 2.66. The number of carbonyl (C=O) groups is 3. The van der Waals surface area contributed by atoms with Crippen LogP contribution in [0.1, 0.15) is 42.1 Å². The highest BCUT2D eigenvalue weighted by atomic mass is 28.3. The number of methoxy groups -OCH3 is 2. The lowest BCUT2D eigenvalue weighted by Crippen LogP contribution is -2.52. The summed E-state index contributed by atoms with van der Waals surface area (Å²) < 4.78 is 17.8. The van der Waals surface area contributed by atoms with E-state index in [1.807, 2.05) is 24.3 Å². The predicted octanol–water partition coefficient (Wildman–Crippen LogP) is 5.08. The maximum Gasteiger partial charge on any atom is 0.264 e. The minimum absolute atomic E-state index is 0.0746. The summed E-state index contributed by atoms with van der Waals surface area (Å²) in [6.45, 7) is 11.3. The normalized spacial score (nSPS) is 24.4. The molecule has 11 heteroatoms. The van der Waals surface area contributed by atoms with Crippen LogP contribution in [-0.2, 0) is 19.9 Å². The van der Waals surface area contributed by atoms with Crippen molar-refractivity contribution in [3.63, 3.8) is 0 Å². The fourth-order valence-electron chi connectivity index (χ4n) is 8.49. The third-order valence-corrected chi connectivity index (χ3v) is 15.4. The second-order valence-corrected chi connectivity index (χ2v) is 18.7. The Bertz CT molecular complexity index is 1760. The topological polar surface area (TPSA) is 118 Å². The van der Waals surface area contributed by atoms with Crippen LogP contribution in [0.2, 0.25) is 18.6 Å². The Labute approximate surface area is 295 Å². The van der Waals surface area contributed by atoms with Crippen LogP contribution in [0.3, 0.4) is 0 Å². The van der Waals surface area contributed by atoms with Crippen molar-refractivity contribution in [2.24, 2.45) is 5.92 Å². The van der Waals surface area contributed by atoms with Gasteiger partial charge < -0.3 is 34.4 Å². The number of fused-ring (bicyclic) bond motifs is 2. The van der Waals surface area contributed by atoms with Gasteiger partial charge in [0, 0.05) is 35.8 Å². The van der Waals surface area contributed by atoms with Crippen molar-refractivity contribution in [3.8, 4) is 11.5 Å². The van der Waals surface area contributed by atoms with Crippen molar-refractivity contribution >= 4 is 42.4 Å². The van der Waals surface area contributed by atoms with Gasteiger partial charge in [-0.25, -0.2) is 0 Å². The number of aliphatic hydroxyl groups is 1. The fraction of sp³-hybridized carbons (Fsp3) is 0.410. The van der Waals surface area contributed by atoms with E-state index < -0.39 is 19.8 Å². The van der Waals surface area contributed by atoms with E-state index in [0.717, 1.165) is 23.8 Å². The first-order chi connectivity index (χ1) is 24.0. The number of rotatable bonds is 11. The van der Waals surface area contributed by atoms with Gasteiger partial charge in [-0.2, -0.15) is 0 Å². The zero-order valence-electron chi connectivity index (χ0n) is 29.5. The summed E-state index contributed by atoms with van der Waals surface area (Å²) in [5, 5.41) is 14.2. The number of hydrogen-bond acceptors (Lipinski definition) is 7. The molecule has 2 fully saturated rings. The number of nitrogens with one attached hydrogen (secondary N) is 1. The zero-order valence-corrected chi connectivity index (χ0v) is 30.5. The Morgan fingerprint density at radius 1 is 1.06 bits per heavy atom. The minimum Gasteiger partial charge on any atom is -0.497 e. The molecule has 3 amide bonds. The molecule has 5 atom stereocenters. The lowest BCUT2D eigenvalue weighted by atomic mass is 9.82. The summed E-state index contributed by atoms with van der Waals surface area (Å²) in [6.07, 6.45) is 2.82. The first kappa shape index (κ1) is 35.4. The second kappa shape index (κ2) is 14.0. The Morgan fingerprint density at radius 2 is 1.72 bits per heavy atom. The molecule has 0 unspecified atom stereocenters. The maximum absolute atomic E-state index is 14.8. The molecule has 264 valence electrons. The van der Waals surface area contributed by atoms with Gasteiger partial charge in [0.05, 0.1) is 53.2 Å². The van der Waals surface area contributed by atoms with Crippen LogP contribution in [0.5, 0.6) is 11.5 Å². The molecule has 0 bridgehead atoms. The molecule has 3 aromatic carbocycles. The largest absolute Gasteiger partial charge is 0.497 e. The lowest BCUT2D eigenvalue weighted by molar-refractivity contribution is -0.149. The molecule has 3 aromatic rings. The van der Waals surface area contributed by atoms with Crippen molar-refractivity contribution in [2.75, 3.05) is 44.1 Å². The molecule has 0 aliphatic carbocycles. The third-order valence-electron chi connectivity index (χ3n) is 11.0. The number of hydrogen-bond donors (Lipinski definition) is 2. The van der Waals surface area contributed by atoms with Crippen molar-refractivity contribution in [3.05, 3.63) is 90.5 Å². The van der Waals surface area contributed by atoms with Crippen LogP contribution >= 0.6 is 0 Å². The van der Waals surface area contributed by atoms with Crippen LogP contribution in [-0.4, -0.2) is 81.9 Å². The molecule has 2 saturated heterocycles. The van der Waals surface area contributed by atoms with Crippen LogP contribution in [0.4, 0.5) is 11.4 Å². The molecule has 3 heterocycles. The first-order valence-electron chi connectivity index (χ1n) is 17.3. The van der Waals surface area contributed by atoms with Crippen LogP contribution in [0.25, 0.3) is 0 Å². The van der Waals surface area contributed by atoms with Gasteiger partial charge in [0.2, 0.25) is 5.91 Å². The molecule has 1 spiro atoms. The van der Waals surface area contributed by atoms with Crippen LogP contribution < -0.4 is 24.9 Å². The van der Waals surface area contributed by atoms with Gasteiger partial charge in [-0.3, -0.25) is 14.4 Å². The number of anilines is 2. The highest BCUT2D eigenvalue weighted by Crippen LogP contribution is 2.60. The highest BCUT2D eigenvalue weighted by molar-refractivity contribution is 6.91. The standard InChI is InChI=1S/C39H47N3O7Si/c1-7-20-42-33-19-12-27(40-37(45)26-10-13-29(47-3)14-11-26)22-32(33)39(38(42)46)25(2)36(50(5,6)31-17-15-30(48-4)16-18-31)34(49-39)23-35(44)41-21-8-9-28(41)24-43/h7,10-19,22,25,28,34,36,43H,1,8-9,20-21,23-24H2,2-6H3,(H,40,45)/t25-,28+,34+,36-,39+/m1/s1.